The maximum Gasteiger partial charge on any atom is 0.0367 e. The Bertz CT molecular complexity index is 221. The van der Waals surface area contributed by atoms with E-state index in [1.165, 1.54) is 24.1 Å². The summed E-state index contributed by atoms with van der Waals surface area (Å²) in [6.45, 7) is 7.94. The first kappa shape index (κ1) is 8.12. The van der Waals surface area contributed by atoms with Gasteiger partial charge in [-0.25, -0.2) is 0 Å². The van der Waals surface area contributed by atoms with Gasteiger partial charge in [0.15, 0.2) is 0 Å². The van der Waals surface area contributed by atoms with Gasteiger partial charge in [0.05, 0.1) is 0 Å². The molecule has 0 aromatic heterocycles. The lowest BCUT2D eigenvalue weighted by Gasteiger charge is -2.14. The normalized spacial score (nSPS) is 16.9. The maximum atomic E-state index is 3.80. The van der Waals surface area contributed by atoms with Crippen LogP contribution in [0.25, 0.3) is 0 Å². The van der Waals surface area contributed by atoms with Crippen LogP contribution in [0.15, 0.2) is 35.7 Å². The maximum absolute atomic E-state index is 3.80. The van der Waals surface area contributed by atoms with Crippen molar-refractivity contribution in [2.24, 2.45) is 0 Å². The third-order valence-corrected chi connectivity index (χ3v) is 1.78. The highest BCUT2D eigenvalue weighted by atomic mass is 14.9. The number of hydrogen-bond donors (Lipinski definition) is 1. The third kappa shape index (κ3) is 2.26. The van der Waals surface area contributed by atoms with E-state index in [4.69, 9.17) is 0 Å². The van der Waals surface area contributed by atoms with E-state index in [0.29, 0.717) is 0 Å². The zero-order valence-corrected chi connectivity index (χ0v) is 7.28. The Labute approximate surface area is 68.5 Å². The Morgan fingerprint density at radius 2 is 2.36 bits per heavy atom. The minimum Gasteiger partial charge on any atom is -0.360 e. The molecule has 0 saturated heterocycles. The summed E-state index contributed by atoms with van der Waals surface area (Å²) in [5, 5.41) is 3.23. The summed E-state index contributed by atoms with van der Waals surface area (Å²) in [4.78, 5) is 0. The Hall–Kier alpha value is -0.980. The summed E-state index contributed by atoms with van der Waals surface area (Å²) in [6, 6.07) is 0. The highest BCUT2D eigenvalue weighted by molar-refractivity contribution is 5.28. The second-order valence-corrected chi connectivity index (χ2v) is 3.04. The third-order valence-electron chi connectivity index (χ3n) is 1.78. The molecule has 0 spiro atoms. The van der Waals surface area contributed by atoms with Crippen molar-refractivity contribution >= 4 is 0 Å². The van der Waals surface area contributed by atoms with Crippen molar-refractivity contribution in [2.45, 2.75) is 26.7 Å². The molecule has 0 unspecified atom stereocenters. The van der Waals surface area contributed by atoms with Crippen LogP contribution in [0.4, 0.5) is 0 Å². The van der Waals surface area contributed by atoms with Crippen molar-refractivity contribution in [3.8, 4) is 0 Å². The quantitative estimate of drug-likeness (QED) is 0.636. The van der Waals surface area contributed by atoms with E-state index in [1.807, 2.05) is 6.92 Å². The fraction of sp³-hybridized carbons (Fsp3) is 0.400. The van der Waals surface area contributed by atoms with Crippen LogP contribution in [0.1, 0.15) is 26.7 Å². The number of rotatable bonds is 2. The van der Waals surface area contributed by atoms with Crippen LogP contribution < -0.4 is 5.32 Å². The SMILES string of the molecule is C=C(C)NC1=C(C)CCC=C1. The van der Waals surface area contributed by atoms with Crippen molar-refractivity contribution in [3.63, 3.8) is 0 Å². The minimum atomic E-state index is 1.01. The van der Waals surface area contributed by atoms with Gasteiger partial charge in [-0.3, -0.25) is 0 Å². The first-order chi connectivity index (χ1) is 5.20. The fourth-order valence-electron chi connectivity index (χ4n) is 1.16. The smallest absolute Gasteiger partial charge is 0.0367 e. The second kappa shape index (κ2) is 3.42. The van der Waals surface area contributed by atoms with Gasteiger partial charge >= 0.3 is 0 Å². The van der Waals surface area contributed by atoms with E-state index in [0.717, 1.165) is 5.70 Å². The number of allylic oxidation sites excluding steroid dienone is 4. The topological polar surface area (TPSA) is 12.0 Å². The standard InChI is InChI=1S/C10H15N/c1-8(2)11-10-7-5-4-6-9(10)3/h5,7,11H,1,4,6H2,2-3H3. The van der Waals surface area contributed by atoms with E-state index in [9.17, 15) is 0 Å². The lowest BCUT2D eigenvalue weighted by atomic mass is 10.0. The van der Waals surface area contributed by atoms with Crippen LogP contribution in [0.3, 0.4) is 0 Å². The molecule has 0 heterocycles. The molecule has 1 heteroatoms. The zero-order chi connectivity index (χ0) is 8.27. The molecule has 1 aliphatic rings. The molecule has 0 amide bonds. The average molecular weight is 149 g/mol. The molecule has 0 fully saturated rings. The highest BCUT2D eigenvalue weighted by Gasteiger charge is 2.02. The van der Waals surface area contributed by atoms with Gasteiger partial charge in [-0.05, 0) is 38.3 Å². The molecule has 0 aliphatic heterocycles. The first-order valence-corrected chi connectivity index (χ1v) is 3.99. The van der Waals surface area contributed by atoms with E-state index < -0.39 is 0 Å². The Balaban J connectivity index is 2.68. The summed E-state index contributed by atoms with van der Waals surface area (Å²) in [6.07, 6.45) is 6.67. The van der Waals surface area contributed by atoms with Crippen LogP contribution in [0, 0.1) is 0 Å². The van der Waals surface area contributed by atoms with Gasteiger partial charge < -0.3 is 5.32 Å². The summed E-state index contributed by atoms with van der Waals surface area (Å²) < 4.78 is 0. The van der Waals surface area contributed by atoms with E-state index in [2.05, 4.69) is 31.0 Å². The summed E-state index contributed by atoms with van der Waals surface area (Å²) in [5.74, 6) is 0. The Morgan fingerprint density at radius 1 is 1.64 bits per heavy atom. The predicted molar refractivity (Wildman–Crippen MR) is 49.0 cm³/mol. The molecule has 60 valence electrons. The highest BCUT2D eigenvalue weighted by Crippen LogP contribution is 2.16. The van der Waals surface area contributed by atoms with E-state index >= 15 is 0 Å². The molecule has 0 atom stereocenters. The molecular weight excluding hydrogens is 134 g/mol. The lowest BCUT2D eigenvalue weighted by Crippen LogP contribution is -2.11. The molecule has 0 saturated carbocycles. The van der Waals surface area contributed by atoms with Gasteiger partial charge in [0.1, 0.15) is 0 Å². The zero-order valence-electron chi connectivity index (χ0n) is 7.28. The van der Waals surface area contributed by atoms with Crippen molar-refractivity contribution in [3.05, 3.63) is 35.7 Å². The summed E-state index contributed by atoms with van der Waals surface area (Å²) in [5.41, 5.74) is 3.66. The Kier molecular flexibility index (Phi) is 2.53. The predicted octanol–water partition coefficient (Wildman–Crippen LogP) is 2.73. The summed E-state index contributed by atoms with van der Waals surface area (Å²) >= 11 is 0. The largest absolute Gasteiger partial charge is 0.360 e. The first-order valence-electron chi connectivity index (χ1n) is 3.99. The van der Waals surface area contributed by atoms with E-state index in [1.54, 1.807) is 0 Å². The molecule has 1 N–H and O–H groups in total. The molecule has 11 heavy (non-hydrogen) atoms. The van der Waals surface area contributed by atoms with E-state index in [-0.39, 0.29) is 0 Å². The molecule has 1 rings (SSSR count). The van der Waals surface area contributed by atoms with Crippen molar-refractivity contribution in [1.29, 1.82) is 0 Å². The van der Waals surface area contributed by atoms with Crippen LogP contribution in [0.5, 0.6) is 0 Å². The molecule has 0 bridgehead atoms. The van der Waals surface area contributed by atoms with Gasteiger partial charge in [0.25, 0.3) is 0 Å². The number of hydrogen-bond acceptors (Lipinski definition) is 1. The van der Waals surface area contributed by atoms with Crippen LogP contribution in [-0.4, -0.2) is 0 Å². The second-order valence-electron chi connectivity index (χ2n) is 3.04. The van der Waals surface area contributed by atoms with Gasteiger partial charge in [-0.15, -0.1) is 0 Å². The monoisotopic (exact) mass is 149 g/mol. The van der Waals surface area contributed by atoms with Crippen LogP contribution >= 0.6 is 0 Å². The van der Waals surface area contributed by atoms with Crippen LogP contribution in [0.2, 0.25) is 0 Å². The summed E-state index contributed by atoms with van der Waals surface area (Å²) in [7, 11) is 0. The molecule has 0 aromatic rings. The van der Waals surface area contributed by atoms with Gasteiger partial charge in [0, 0.05) is 11.4 Å². The molecule has 0 radical (unpaired) electrons. The van der Waals surface area contributed by atoms with Crippen molar-refractivity contribution < 1.29 is 0 Å². The van der Waals surface area contributed by atoms with Crippen LogP contribution in [-0.2, 0) is 0 Å². The molecule has 1 nitrogen and oxygen atoms in total. The molecular formula is C10H15N. The van der Waals surface area contributed by atoms with Gasteiger partial charge in [0.2, 0.25) is 0 Å². The van der Waals surface area contributed by atoms with Gasteiger partial charge in [-0.1, -0.05) is 12.7 Å². The average Bonchev–Trinajstić information content (AvgIpc) is 1.93. The van der Waals surface area contributed by atoms with Crippen molar-refractivity contribution in [2.75, 3.05) is 0 Å². The van der Waals surface area contributed by atoms with Crippen molar-refractivity contribution in [1.82, 2.24) is 5.32 Å². The lowest BCUT2D eigenvalue weighted by molar-refractivity contribution is 0.879. The Morgan fingerprint density at radius 3 is 2.91 bits per heavy atom. The minimum absolute atomic E-state index is 1.01. The molecule has 1 aliphatic carbocycles. The molecule has 0 aromatic carbocycles. The fourth-order valence-corrected chi connectivity index (χ4v) is 1.16. The van der Waals surface area contributed by atoms with Gasteiger partial charge in [-0.2, -0.15) is 0 Å². The number of nitrogens with one attached hydrogen (secondary N) is 1.